The van der Waals surface area contributed by atoms with Gasteiger partial charge < -0.3 is 19.1 Å². The van der Waals surface area contributed by atoms with Gasteiger partial charge in [0.1, 0.15) is 0 Å². The molecule has 8 fully saturated rings. The minimum absolute atomic E-state index is 0.120. The van der Waals surface area contributed by atoms with Gasteiger partial charge in [0.25, 0.3) is 0 Å². The molecular weight excluding hydrogens is 488 g/mol. The summed E-state index contributed by atoms with van der Waals surface area (Å²) < 4.78 is 15.8. The number of hydrogen-bond acceptors (Lipinski definition) is 7. The van der Waals surface area contributed by atoms with E-state index >= 15 is 0 Å². The third-order valence-corrected chi connectivity index (χ3v) is 11.4. The SMILES string of the molecule is O=C(OCC12CC3CC(CC(C3)C1)C2)c1cc(SO[O-])cc(C(=O)OCC23CC4CC(CC(C4)C2)C3)c1. The number of esters is 2. The highest BCUT2D eigenvalue weighted by Gasteiger charge is 2.52. The van der Waals surface area contributed by atoms with Crippen molar-refractivity contribution in [2.24, 2.45) is 46.3 Å². The van der Waals surface area contributed by atoms with Gasteiger partial charge in [0.05, 0.1) is 24.3 Å². The van der Waals surface area contributed by atoms with Crippen molar-refractivity contribution in [3.63, 3.8) is 0 Å². The number of carbonyl (C=O) groups is 2. The van der Waals surface area contributed by atoms with E-state index in [0.717, 1.165) is 74.0 Å². The molecule has 0 heterocycles. The van der Waals surface area contributed by atoms with Gasteiger partial charge in [-0.25, -0.2) is 9.59 Å². The molecule has 37 heavy (non-hydrogen) atoms. The summed E-state index contributed by atoms with van der Waals surface area (Å²) in [4.78, 5) is 26.7. The Morgan fingerprint density at radius 3 is 1.35 bits per heavy atom. The summed E-state index contributed by atoms with van der Waals surface area (Å²) in [5, 5.41) is 10.9. The third-order valence-electron chi connectivity index (χ3n) is 10.9. The van der Waals surface area contributed by atoms with E-state index in [1.807, 2.05) is 0 Å². The zero-order valence-corrected chi connectivity index (χ0v) is 22.3. The van der Waals surface area contributed by atoms with Crippen LogP contribution in [0.4, 0.5) is 0 Å². The molecule has 8 bridgehead atoms. The number of ether oxygens (including phenoxy) is 2. The molecule has 0 N–H and O–H groups in total. The summed E-state index contributed by atoms with van der Waals surface area (Å²) in [5.74, 6) is 3.83. The van der Waals surface area contributed by atoms with Gasteiger partial charge in [-0.15, -0.1) is 0 Å². The second-order valence-corrected chi connectivity index (χ2v) is 14.7. The highest BCUT2D eigenvalue weighted by atomic mass is 32.2. The minimum atomic E-state index is -0.445. The van der Waals surface area contributed by atoms with Crippen molar-refractivity contribution in [2.75, 3.05) is 13.2 Å². The highest BCUT2D eigenvalue weighted by Crippen LogP contribution is 2.61. The van der Waals surface area contributed by atoms with E-state index in [1.54, 1.807) is 18.2 Å². The van der Waals surface area contributed by atoms with Crippen LogP contribution < -0.4 is 5.26 Å². The largest absolute Gasteiger partial charge is 0.710 e. The second-order valence-electron chi connectivity index (χ2n) is 13.9. The van der Waals surface area contributed by atoms with Gasteiger partial charge in [-0.1, -0.05) is 0 Å². The van der Waals surface area contributed by atoms with Gasteiger partial charge in [-0.2, -0.15) is 0 Å². The molecule has 0 atom stereocenters. The standard InChI is InChI=1S/C30H38O6S/c31-27(34-16-29-10-18-1-19(11-29)3-20(2-18)12-29)24-7-25(9-26(8-24)37-36-33)28(32)35-17-30-13-21-4-22(14-30)6-23(5-21)15-30/h7-9,18-23,33H,1-6,10-17H2/p-1. The monoisotopic (exact) mass is 525 g/mol. The maximum absolute atomic E-state index is 13.2. The number of rotatable bonds is 8. The Labute approximate surface area is 223 Å². The first kappa shape index (κ1) is 24.5. The van der Waals surface area contributed by atoms with Crippen LogP contribution in [-0.2, 0) is 13.8 Å². The molecule has 0 aliphatic heterocycles. The maximum Gasteiger partial charge on any atom is 0.338 e. The second kappa shape index (κ2) is 9.27. The molecule has 8 aliphatic carbocycles. The summed E-state index contributed by atoms with van der Waals surface area (Å²) in [6.45, 7) is 0.882. The van der Waals surface area contributed by atoms with Crippen molar-refractivity contribution >= 4 is 24.0 Å². The molecule has 9 rings (SSSR count). The molecular formula is C30H37O6S-. The topological polar surface area (TPSA) is 84.9 Å². The van der Waals surface area contributed by atoms with E-state index in [0.29, 0.717) is 30.2 Å². The van der Waals surface area contributed by atoms with Gasteiger partial charge in [-0.05, 0) is 131 Å². The lowest BCUT2D eigenvalue weighted by Crippen LogP contribution is -2.48. The maximum atomic E-state index is 13.2. The lowest BCUT2D eigenvalue weighted by molar-refractivity contribution is -0.630. The molecule has 8 aliphatic rings. The van der Waals surface area contributed by atoms with Crippen molar-refractivity contribution < 1.29 is 28.7 Å². The molecule has 1 aromatic carbocycles. The van der Waals surface area contributed by atoms with E-state index in [1.165, 1.54) is 38.5 Å². The first-order valence-electron chi connectivity index (χ1n) is 14.3. The Morgan fingerprint density at radius 2 is 1.03 bits per heavy atom. The Kier molecular flexibility index (Phi) is 6.13. The van der Waals surface area contributed by atoms with Crippen LogP contribution in [-0.4, -0.2) is 25.2 Å². The average molecular weight is 526 g/mol. The van der Waals surface area contributed by atoms with Gasteiger partial charge in [0, 0.05) is 27.8 Å². The molecule has 0 radical (unpaired) electrons. The Balaban J connectivity index is 1.03. The summed E-state index contributed by atoms with van der Waals surface area (Å²) in [7, 11) is 0. The zero-order chi connectivity index (χ0) is 25.2. The molecule has 0 spiro atoms. The fourth-order valence-electron chi connectivity index (χ4n) is 10.5. The van der Waals surface area contributed by atoms with Crippen LogP contribution in [0.5, 0.6) is 0 Å². The summed E-state index contributed by atoms with van der Waals surface area (Å²) >= 11 is 0.598. The normalized spacial score (nSPS) is 40.7. The zero-order valence-electron chi connectivity index (χ0n) is 21.5. The molecule has 0 amide bonds. The Bertz CT molecular complexity index is 933. The summed E-state index contributed by atoms with van der Waals surface area (Å²) in [5.41, 5.74) is 0.783. The molecule has 1 aromatic rings. The van der Waals surface area contributed by atoms with Crippen molar-refractivity contribution in [2.45, 2.75) is 81.9 Å². The number of carbonyl (C=O) groups excluding carboxylic acids is 2. The van der Waals surface area contributed by atoms with E-state index in [-0.39, 0.29) is 22.0 Å². The van der Waals surface area contributed by atoms with Crippen LogP contribution in [0.15, 0.2) is 23.1 Å². The first-order chi connectivity index (χ1) is 17.9. The smallest absolute Gasteiger partial charge is 0.338 e. The Morgan fingerprint density at radius 1 is 0.676 bits per heavy atom. The van der Waals surface area contributed by atoms with Crippen molar-refractivity contribution in [3.05, 3.63) is 29.3 Å². The van der Waals surface area contributed by atoms with Crippen LogP contribution in [0.3, 0.4) is 0 Å². The number of benzene rings is 1. The molecule has 200 valence electrons. The van der Waals surface area contributed by atoms with Crippen LogP contribution in [0.25, 0.3) is 0 Å². The van der Waals surface area contributed by atoms with E-state index in [2.05, 4.69) is 4.33 Å². The molecule has 0 saturated heterocycles. The fourth-order valence-corrected chi connectivity index (χ4v) is 10.9. The number of hydrogen-bond donors (Lipinski definition) is 0. The van der Waals surface area contributed by atoms with Crippen molar-refractivity contribution in [1.82, 2.24) is 0 Å². The minimum Gasteiger partial charge on any atom is -0.710 e. The van der Waals surface area contributed by atoms with Gasteiger partial charge in [-0.3, -0.25) is 0 Å². The molecule has 7 heteroatoms. The van der Waals surface area contributed by atoms with E-state index in [9.17, 15) is 14.8 Å². The van der Waals surface area contributed by atoms with Crippen LogP contribution in [0.1, 0.15) is 97.8 Å². The third kappa shape index (κ3) is 4.74. The van der Waals surface area contributed by atoms with Gasteiger partial charge in [0.2, 0.25) is 0 Å². The fraction of sp³-hybridized carbons (Fsp3) is 0.733. The molecule has 0 aromatic heterocycles. The molecule has 8 saturated carbocycles. The summed E-state index contributed by atoms with van der Waals surface area (Å²) in [6.07, 6.45) is 15.0. The van der Waals surface area contributed by atoms with Crippen LogP contribution in [0.2, 0.25) is 0 Å². The highest BCUT2D eigenvalue weighted by molar-refractivity contribution is 7.94. The van der Waals surface area contributed by atoms with Crippen molar-refractivity contribution in [3.8, 4) is 0 Å². The Hall–Kier alpha value is -1.57. The van der Waals surface area contributed by atoms with E-state index in [4.69, 9.17) is 9.47 Å². The predicted octanol–water partition coefficient (Wildman–Crippen LogP) is 5.73. The predicted molar refractivity (Wildman–Crippen MR) is 135 cm³/mol. The van der Waals surface area contributed by atoms with Crippen molar-refractivity contribution in [1.29, 1.82) is 0 Å². The molecule has 6 nitrogen and oxygen atoms in total. The summed E-state index contributed by atoms with van der Waals surface area (Å²) in [6, 6.07) is 4.69. The van der Waals surface area contributed by atoms with E-state index < -0.39 is 11.9 Å². The molecule has 0 unspecified atom stereocenters. The lowest BCUT2D eigenvalue weighted by Gasteiger charge is -2.56. The van der Waals surface area contributed by atoms with Crippen LogP contribution >= 0.6 is 12.0 Å². The first-order valence-corrected chi connectivity index (χ1v) is 15.1. The van der Waals surface area contributed by atoms with Gasteiger partial charge >= 0.3 is 11.9 Å². The van der Waals surface area contributed by atoms with Crippen LogP contribution in [0, 0.1) is 46.3 Å². The average Bonchev–Trinajstić information content (AvgIpc) is 2.84. The lowest BCUT2D eigenvalue weighted by atomic mass is 9.50. The quantitative estimate of drug-likeness (QED) is 0.185. The van der Waals surface area contributed by atoms with Gasteiger partial charge in [0.15, 0.2) is 0 Å².